The van der Waals surface area contributed by atoms with Gasteiger partial charge >= 0.3 is 0 Å². The molecule has 3 aromatic rings. The molecule has 0 unspecified atom stereocenters. The Kier molecular flexibility index (Phi) is 5.68. The zero-order valence-corrected chi connectivity index (χ0v) is 16.2. The smallest absolute Gasteiger partial charge is 0.230 e. The van der Waals surface area contributed by atoms with Crippen molar-refractivity contribution in [2.75, 3.05) is 16.8 Å². The van der Waals surface area contributed by atoms with Crippen LogP contribution in [0.25, 0.3) is 0 Å². The molecule has 0 aliphatic carbocycles. The summed E-state index contributed by atoms with van der Waals surface area (Å²) in [6.45, 7) is 4.38. The van der Waals surface area contributed by atoms with Crippen molar-refractivity contribution in [3.8, 4) is 0 Å². The average molecular weight is 366 g/mol. The maximum absolute atomic E-state index is 12.3. The molecular weight excluding hydrogens is 342 g/mol. The minimum Gasteiger partial charge on any atom is -0.369 e. The van der Waals surface area contributed by atoms with Gasteiger partial charge in [-0.05, 0) is 30.2 Å². The van der Waals surface area contributed by atoms with Gasteiger partial charge in [0, 0.05) is 25.0 Å². The zero-order chi connectivity index (χ0) is 18.5. The molecule has 0 aliphatic rings. The highest BCUT2D eigenvalue weighted by Gasteiger charge is 2.20. The van der Waals surface area contributed by atoms with Gasteiger partial charge in [-0.25, -0.2) is 4.98 Å². The molecule has 0 bridgehead atoms. The number of aryl methyl sites for hydroxylation is 1. The van der Waals surface area contributed by atoms with E-state index in [0.29, 0.717) is 6.54 Å². The summed E-state index contributed by atoms with van der Waals surface area (Å²) in [6.07, 6.45) is 0.870. The number of rotatable bonds is 6. The number of nitrogens with zero attached hydrogens (tertiary/aromatic N) is 3. The van der Waals surface area contributed by atoms with E-state index in [4.69, 9.17) is 4.98 Å². The minimum atomic E-state index is -0.0248. The number of para-hydroxylation sites is 2. The van der Waals surface area contributed by atoms with Crippen LogP contribution < -0.4 is 9.80 Å². The van der Waals surface area contributed by atoms with Crippen LogP contribution in [0.2, 0.25) is 0 Å². The summed E-state index contributed by atoms with van der Waals surface area (Å²) in [6, 6.07) is 18.2. The Balaban J connectivity index is 1.85. The van der Waals surface area contributed by atoms with Crippen molar-refractivity contribution >= 4 is 33.8 Å². The molecule has 26 heavy (non-hydrogen) atoms. The number of hydrogen-bond donors (Lipinski definition) is 0. The first-order valence-electron chi connectivity index (χ1n) is 8.69. The third-order valence-electron chi connectivity index (χ3n) is 4.26. The van der Waals surface area contributed by atoms with Gasteiger partial charge in [-0.2, -0.15) is 0 Å². The molecule has 5 heteroatoms. The molecule has 0 saturated carbocycles. The summed E-state index contributed by atoms with van der Waals surface area (Å²) in [7, 11) is 2.05. The van der Waals surface area contributed by atoms with E-state index in [1.807, 2.05) is 48.8 Å². The lowest BCUT2D eigenvalue weighted by molar-refractivity contribution is -0.115. The molecule has 1 amide bonds. The fourth-order valence-electron chi connectivity index (χ4n) is 2.92. The van der Waals surface area contributed by atoms with E-state index in [0.717, 1.165) is 34.2 Å². The predicted octanol–water partition coefficient (Wildman–Crippen LogP) is 5.03. The van der Waals surface area contributed by atoms with Crippen LogP contribution in [0.1, 0.15) is 25.1 Å². The monoisotopic (exact) mass is 365 g/mol. The number of anilines is 3. The van der Waals surface area contributed by atoms with Crippen molar-refractivity contribution in [1.82, 2.24) is 4.98 Å². The zero-order valence-electron chi connectivity index (χ0n) is 15.3. The lowest BCUT2D eigenvalue weighted by atomic mass is 10.1. The first kappa shape index (κ1) is 18.1. The largest absolute Gasteiger partial charge is 0.369 e. The minimum absolute atomic E-state index is 0.0248. The number of carbonyl (C=O) groups is 1. The molecule has 0 radical (unpaired) electrons. The van der Waals surface area contributed by atoms with Gasteiger partial charge in [0.2, 0.25) is 5.91 Å². The maximum Gasteiger partial charge on any atom is 0.230 e. The van der Waals surface area contributed by atoms with E-state index in [9.17, 15) is 4.79 Å². The Labute approximate surface area is 158 Å². The Hall–Kier alpha value is -2.66. The first-order chi connectivity index (χ1) is 12.6. The number of aromatic nitrogens is 1. The van der Waals surface area contributed by atoms with E-state index < -0.39 is 0 Å². The van der Waals surface area contributed by atoms with Gasteiger partial charge in [0.15, 0.2) is 5.13 Å². The normalized spacial score (nSPS) is 10.6. The van der Waals surface area contributed by atoms with E-state index in [2.05, 4.69) is 30.0 Å². The van der Waals surface area contributed by atoms with Crippen LogP contribution in [-0.4, -0.2) is 17.9 Å². The Morgan fingerprint density at radius 1 is 1.08 bits per heavy atom. The fourth-order valence-corrected chi connectivity index (χ4v) is 3.79. The molecular formula is C21H23N3OS. The molecule has 4 nitrogen and oxygen atoms in total. The second kappa shape index (κ2) is 8.15. The lowest BCUT2D eigenvalue weighted by Crippen LogP contribution is -2.24. The fraction of sp³-hybridized carbons (Fsp3) is 0.238. The highest BCUT2D eigenvalue weighted by Crippen LogP contribution is 2.32. The Morgan fingerprint density at radius 2 is 1.77 bits per heavy atom. The molecule has 1 aromatic heterocycles. The molecule has 0 saturated heterocycles. The second-order valence-corrected chi connectivity index (χ2v) is 6.99. The molecule has 134 valence electrons. The van der Waals surface area contributed by atoms with Gasteiger partial charge < -0.3 is 4.90 Å². The highest BCUT2D eigenvalue weighted by molar-refractivity contribution is 7.14. The van der Waals surface area contributed by atoms with E-state index >= 15 is 0 Å². The number of hydrogen-bond acceptors (Lipinski definition) is 4. The van der Waals surface area contributed by atoms with Crippen LogP contribution >= 0.6 is 11.3 Å². The van der Waals surface area contributed by atoms with Crippen molar-refractivity contribution in [2.24, 2.45) is 0 Å². The predicted molar refractivity (Wildman–Crippen MR) is 109 cm³/mol. The van der Waals surface area contributed by atoms with Crippen LogP contribution in [-0.2, 0) is 17.8 Å². The third kappa shape index (κ3) is 3.94. The summed E-state index contributed by atoms with van der Waals surface area (Å²) in [4.78, 5) is 20.9. The topological polar surface area (TPSA) is 36.4 Å². The van der Waals surface area contributed by atoms with E-state index in [-0.39, 0.29) is 5.91 Å². The molecule has 0 N–H and O–H groups in total. The van der Waals surface area contributed by atoms with Gasteiger partial charge in [0.25, 0.3) is 0 Å². The molecule has 0 fully saturated rings. The number of carbonyl (C=O) groups excluding carboxylic acids is 1. The molecule has 0 aliphatic heterocycles. The van der Waals surface area contributed by atoms with Gasteiger partial charge in [0.1, 0.15) is 0 Å². The van der Waals surface area contributed by atoms with Crippen LogP contribution in [0.3, 0.4) is 0 Å². The van der Waals surface area contributed by atoms with Crippen molar-refractivity contribution in [3.05, 3.63) is 71.2 Å². The lowest BCUT2D eigenvalue weighted by Gasteiger charge is -2.21. The van der Waals surface area contributed by atoms with Gasteiger partial charge in [-0.15, -0.1) is 11.3 Å². The molecule has 0 atom stereocenters. The number of thiazole rings is 1. The van der Waals surface area contributed by atoms with Gasteiger partial charge in [0.05, 0.1) is 17.9 Å². The summed E-state index contributed by atoms with van der Waals surface area (Å²) in [5.74, 6) is -0.0248. The van der Waals surface area contributed by atoms with Crippen molar-refractivity contribution in [3.63, 3.8) is 0 Å². The van der Waals surface area contributed by atoms with Gasteiger partial charge in [-0.1, -0.05) is 43.3 Å². The van der Waals surface area contributed by atoms with Crippen LogP contribution in [0, 0.1) is 0 Å². The quantitative estimate of drug-likeness (QED) is 0.615. The number of amides is 1. The Morgan fingerprint density at radius 3 is 2.46 bits per heavy atom. The average Bonchev–Trinajstić information content (AvgIpc) is 3.10. The summed E-state index contributed by atoms with van der Waals surface area (Å²) in [5.41, 5.74) is 4.15. The van der Waals surface area contributed by atoms with Crippen LogP contribution in [0.5, 0.6) is 0 Å². The molecule has 1 heterocycles. The summed E-state index contributed by atoms with van der Waals surface area (Å²) in [5, 5.41) is 2.74. The van der Waals surface area contributed by atoms with Crippen molar-refractivity contribution < 1.29 is 4.79 Å². The maximum atomic E-state index is 12.3. The number of benzene rings is 2. The Bertz CT molecular complexity index is 876. The summed E-state index contributed by atoms with van der Waals surface area (Å²) < 4.78 is 0. The highest BCUT2D eigenvalue weighted by atomic mass is 32.1. The standard InChI is InChI=1S/C21H23N3OS/c1-4-17-10-8-9-13-20(17)24(16(2)25)21-22-18(15-26-21)14-23(3)19-11-6-5-7-12-19/h5-13,15H,4,14H2,1-3H3. The third-order valence-corrected chi connectivity index (χ3v) is 5.13. The summed E-state index contributed by atoms with van der Waals surface area (Å²) >= 11 is 1.50. The first-order valence-corrected chi connectivity index (χ1v) is 9.57. The second-order valence-electron chi connectivity index (χ2n) is 6.15. The SMILES string of the molecule is CCc1ccccc1N(C(C)=O)c1nc(CN(C)c2ccccc2)cs1. The van der Waals surface area contributed by atoms with Crippen LogP contribution in [0.4, 0.5) is 16.5 Å². The van der Waals surface area contributed by atoms with Crippen molar-refractivity contribution in [1.29, 1.82) is 0 Å². The molecule has 2 aromatic carbocycles. The van der Waals surface area contributed by atoms with Gasteiger partial charge in [-0.3, -0.25) is 9.69 Å². The molecule has 3 rings (SSSR count). The van der Waals surface area contributed by atoms with E-state index in [1.165, 1.54) is 11.3 Å². The molecule has 0 spiro atoms. The van der Waals surface area contributed by atoms with E-state index in [1.54, 1.807) is 11.8 Å². The van der Waals surface area contributed by atoms with Crippen molar-refractivity contribution in [2.45, 2.75) is 26.8 Å². The van der Waals surface area contributed by atoms with Crippen LogP contribution in [0.15, 0.2) is 60.0 Å².